The van der Waals surface area contributed by atoms with E-state index in [0.717, 1.165) is 24.9 Å². The summed E-state index contributed by atoms with van der Waals surface area (Å²) in [7, 11) is 0. The number of carbonyl (C=O) groups is 1. The zero-order valence-corrected chi connectivity index (χ0v) is 13.4. The number of rotatable bonds is 4. The molecule has 2 saturated heterocycles. The summed E-state index contributed by atoms with van der Waals surface area (Å²) in [5.74, 6) is 0.559. The summed E-state index contributed by atoms with van der Waals surface area (Å²) in [6, 6.07) is 21.7. The third-order valence-corrected chi connectivity index (χ3v) is 5.52. The lowest BCUT2D eigenvalue weighted by Crippen LogP contribution is -2.44. The van der Waals surface area contributed by atoms with E-state index in [1.54, 1.807) is 0 Å². The molecule has 118 valence electrons. The van der Waals surface area contributed by atoms with Crippen molar-refractivity contribution in [2.45, 2.75) is 44.3 Å². The van der Waals surface area contributed by atoms with Crippen molar-refractivity contribution >= 4 is 5.78 Å². The molecule has 23 heavy (non-hydrogen) atoms. The van der Waals surface area contributed by atoms with Crippen LogP contribution in [0.2, 0.25) is 0 Å². The first kappa shape index (κ1) is 14.6. The fourth-order valence-corrected chi connectivity index (χ4v) is 4.38. The SMILES string of the molecule is O=C(c1ccccc1)C1CC2CCC(C1)N2Cc1ccccc1. The summed E-state index contributed by atoms with van der Waals surface area (Å²) < 4.78 is 0. The maximum Gasteiger partial charge on any atom is 0.166 e. The third kappa shape index (κ3) is 2.96. The molecule has 2 atom stereocenters. The van der Waals surface area contributed by atoms with Gasteiger partial charge in [0.25, 0.3) is 0 Å². The highest BCUT2D eigenvalue weighted by Crippen LogP contribution is 2.40. The van der Waals surface area contributed by atoms with E-state index in [4.69, 9.17) is 0 Å². The van der Waals surface area contributed by atoms with Gasteiger partial charge in [0.05, 0.1) is 0 Å². The molecule has 2 unspecified atom stereocenters. The van der Waals surface area contributed by atoms with Crippen LogP contribution in [-0.2, 0) is 6.54 Å². The fourth-order valence-electron chi connectivity index (χ4n) is 4.38. The van der Waals surface area contributed by atoms with E-state index >= 15 is 0 Å². The Morgan fingerprint density at radius 2 is 1.43 bits per heavy atom. The van der Waals surface area contributed by atoms with Gasteiger partial charge in [0, 0.05) is 30.1 Å². The average Bonchev–Trinajstić information content (AvgIpc) is 2.84. The van der Waals surface area contributed by atoms with Crippen molar-refractivity contribution in [3.8, 4) is 0 Å². The molecule has 2 aromatic rings. The number of hydrogen-bond donors (Lipinski definition) is 0. The van der Waals surface area contributed by atoms with Crippen molar-refractivity contribution in [2.75, 3.05) is 0 Å². The molecule has 0 spiro atoms. The number of hydrogen-bond acceptors (Lipinski definition) is 2. The first-order valence-electron chi connectivity index (χ1n) is 8.70. The van der Waals surface area contributed by atoms with Crippen LogP contribution in [-0.4, -0.2) is 22.8 Å². The van der Waals surface area contributed by atoms with Crippen molar-refractivity contribution in [3.05, 3.63) is 71.8 Å². The lowest BCUT2D eigenvalue weighted by atomic mass is 9.84. The standard InChI is InChI=1S/C21H23NO/c23-21(17-9-5-2-6-10-17)18-13-19-11-12-20(14-18)22(19)15-16-7-3-1-4-8-16/h1-10,18-20H,11-15H2. The predicted octanol–water partition coefficient (Wildman–Crippen LogP) is 4.31. The molecule has 0 saturated carbocycles. The molecule has 2 fully saturated rings. The van der Waals surface area contributed by atoms with Gasteiger partial charge in [-0.05, 0) is 31.2 Å². The zero-order chi connectivity index (χ0) is 15.6. The summed E-state index contributed by atoms with van der Waals surface area (Å²) in [6.07, 6.45) is 4.54. The van der Waals surface area contributed by atoms with Crippen LogP contribution in [0.25, 0.3) is 0 Å². The van der Waals surface area contributed by atoms with Gasteiger partial charge in [0.2, 0.25) is 0 Å². The molecule has 0 aliphatic carbocycles. The molecule has 2 aromatic carbocycles. The Kier molecular flexibility index (Phi) is 4.00. The van der Waals surface area contributed by atoms with Crippen LogP contribution in [0.3, 0.4) is 0 Å². The van der Waals surface area contributed by atoms with Gasteiger partial charge in [-0.15, -0.1) is 0 Å². The van der Waals surface area contributed by atoms with Gasteiger partial charge in [0.1, 0.15) is 0 Å². The Bertz CT molecular complexity index is 653. The van der Waals surface area contributed by atoms with E-state index in [1.807, 2.05) is 30.3 Å². The summed E-state index contributed by atoms with van der Waals surface area (Å²) in [4.78, 5) is 15.4. The summed E-state index contributed by atoms with van der Waals surface area (Å²) in [5.41, 5.74) is 2.27. The molecule has 2 aliphatic heterocycles. The molecule has 0 N–H and O–H groups in total. The van der Waals surface area contributed by atoms with E-state index in [0.29, 0.717) is 17.9 Å². The van der Waals surface area contributed by atoms with Gasteiger partial charge in [-0.1, -0.05) is 60.7 Å². The number of fused-ring (bicyclic) bond motifs is 2. The Morgan fingerprint density at radius 3 is 2.04 bits per heavy atom. The lowest BCUT2D eigenvalue weighted by Gasteiger charge is -2.38. The smallest absolute Gasteiger partial charge is 0.166 e. The second kappa shape index (κ2) is 6.29. The minimum absolute atomic E-state index is 0.210. The van der Waals surface area contributed by atoms with E-state index < -0.39 is 0 Å². The van der Waals surface area contributed by atoms with Gasteiger partial charge < -0.3 is 0 Å². The number of carbonyl (C=O) groups excluding carboxylic acids is 1. The number of ketones is 1. The van der Waals surface area contributed by atoms with Crippen molar-refractivity contribution in [1.82, 2.24) is 4.90 Å². The quantitative estimate of drug-likeness (QED) is 0.784. The molecule has 2 aliphatic rings. The van der Waals surface area contributed by atoms with Gasteiger partial charge >= 0.3 is 0 Å². The van der Waals surface area contributed by atoms with Crippen LogP contribution >= 0.6 is 0 Å². The van der Waals surface area contributed by atoms with E-state index in [-0.39, 0.29) is 5.92 Å². The molecule has 2 heteroatoms. The Morgan fingerprint density at radius 1 is 0.870 bits per heavy atom. The highest BCUT2D eigenvalue weighted by molar-refractivity contribution is 5.97. The predicted molar refractivity (Wildman–Crippen MR) is 92.3 cm³/mol. The van der Waals surface area contributed by atoms with Crippen molar-refractivity contribution in [3.63, 3.8) is 0 Å². The monoisotopic (exact) mass is 305 g/mol. The Hall–Kier alpha value is -1.93. The minimum atomic E-state index is 0.210. The van der Waals surface area contributed by atoms with Crippen LogP contribution in [0.4, 0.5) is 0 Å². The number of nitrogens with zero attached hydrogens (tertiary/aromatic N) is 1. The van der Waals surface area contributed by atoms with Crippen LogP contribution in [0, 0.1) is 5.92 Å². The molecule has 0 amide bonds. The van der Waals surface area contributed by atoms with Crippen LogP contribution in [0.15, 0.2) is 60.7 Å². The van der Waals surface area contributed by atoms with Gasteiger partial charge in [0.15, 0.2) is 5.78 Å². The summed E-state index contributed by atoms with van der Waals surface area (Å²) in [6.45, 7) is 1.03. The maximum atomic E-state index is 12.8. The zero-order valence-electron chi connectivity index (χ0n) is 13.4. The minimum Gasteiger partial charge on any atom is -0.294 e. The van der Waals surface area contributed by atoms with E-state index in [9.17, 15) is 4.79 Å². The van der Waals surface area contributed by atoms with Gasteiger partial charge in [-0.3, -0.25) is 9.69 Å². The molecule has 2 bridgehead atoms. The Labute approximate surface area is 138 Å². The lowest BCUT2D eigenvalue weighted by molar-refractivity contribution is 0.0678. The van der Waals surface area contributed by atoms with Gasteiger partial charge in [-0.25, -0.2) is 0 Å². The second-order valence-corrected chi connectivity index (χ2v) is 6.94. The molecule has 4 rings (SSSR count). The molecular weight excluding hydrogens is 282 g/mol. The molecular formula is C21H23NO. The number of piperidine rings is 1. The highest BCUT2D eigenvalue weighted by Gasteiger charge is 2.42. The summed E-state index contributed by atoms with van der Waals surface area (Å²) in [5, 5.41) is 0. The second-order valence-electron chi connectivity index (χ2n) is 6.94. The molecule has 0 radical (unpaired) electrons. The topological polar surface area (TPSA) is 20.3 Å². The number of benzene rings is 2. The van der Waals surface area contributed by atoms with Crippen LogP contribution in [0.5, 0.6) is 0 Å². The highest BCUT2D eigenvalue weighted by atomic mass is 16.1. The largest absolute Gasteiger partial charge is 0.294 e. The van der Waals surface area contributed by atoms with E-state index in [2.05, 4.69) is 35.2 Å². The molecule has 2 heterocycles. The third-order valence-electron chi connectivity index (χ3n) is 5.52. The maximum absolute atomic E-state index is 12.8. The van der Waals surface area contributed by atoms with Crippen molar-refractivity contribution in [1.29, 1.82) is 0 Å². The van der Waals surface area contributed by atoms with Crippen LogP contribution < -0.4 is 0 Å². The number of Topliss-reactive ketones (excluding diaryl/α,β-unsaturated/α-hetero) is 1. The first-order chi connectivity index (χ1) is 11.3. The van der Waals surface area contributed by atoms with Crippen molar-refractivity contribution in [2.24, 2.45) is 5.92 Å². The average molecular weight is 305 g/mol. The fraction of sp³-hybridized carbons (Fsp3) is 0.381. The summed E-state index contributed by atoms with van der Waals surface area (Å²) >= 11 is 0. The van der Waals surface area contributed by atoms with Crippen LogP contribution in [0.1, 0.15) is 41.6 Å². The molecule has 0 aromatic heterocycles. The van der Waals surface area contributed by atoms with E-state index in [1.165, 1.54) is 18.4 Å². The first-order valence-corrected chi connectivity index (χ1v) is 8.70. The normalized spacial score (nSPS) is 27.0. The van der Waals surface area contributed by atoms with Gasteiger partial charge in [-0.2, -0.15) is 0 Å². The Balaban J connectivity index is 1.46. The molecule has 2 nitrogen and oxygen atoms in total. The van der Waals surface area contributed by atoms with Crippen molar-refractivity contribution < 1.29 is 4.79 Å².